The fourth-order valence-corrected chi connectivity index (χ4v) is 7.77. The second-order valence-corrected chi connectivity index (χ2v) is 13.8. The average molecular weight is 506 g/mol. The molecule has 0 aliphatic carbocycles. The minimum atomic E-state index is -2.50. The van der Waals surface area contributed by atoms with Gasteiger partial charge in [0.2, 0.25) is 0 Å². The lowest BCUT2D eigenvalue weighted by atomic mass is 9.85. The highest BCUT2D eigenvalue weighted by Crippen LogP contribution is 2.49. The molecular formula is C29H32NO3PS. The third kappa shape index (κ3) is 5.13. The highest BCUT2D eigenvalue weighted by Gasteiger charge is 2.42. The van der Waals surface area contributed by atoms with Crippen LogP contribution in [0.4, 0.5) is 0 Å². The van der Waals surface area contributed by atoms with Gasteiger partial charge >= 0.3 is 5.97 Å². The summed E-state index contributed by atoms with van der Waals surface area (Å²) in [6.07, 6.45) is -3.13. The van der Waals surface area contributed by atoms with E-state index >= 15 is 0 Å². The molecule has 4 nitrogen and oxygen atoms in total. The molecule has 0 unspecified atom stereocenters. The van der Waals surface area contributed by atoms with Gasteiger partial charge in [-0.15, -0.1) is 0 Å². The van der Waals surface area contributed by atoms with Crippen LogP contribution >= 0.6 is 6.19 Å². The summed E-state index contributed by atoms with van der Waals surface area (Å²) < 4.78 is 11.6. The summed E-state index contributed by atoms with van der Waals surface area (Å²) >= 11 is 6.46. The molecule has 6 heteroatoms. The van der Waals surface area contributed by atoms with E-state index in [9.17, 15) is 4.79 Å². The van der Waals surface area contributed by atoms with Crippen molar-refractivity contribution in [3.8, 4) is 5.75 Å². The van der Waals surface area contributed by atoms with Gasteiger partial charge in [-0.05, 0) is 30.0 Å². The minimum Gasteiger partial charge on any atom is -0.483 e. The molecule has 2 atom stereocenters. The second-order valence-electron chi connectivity index (χ2n) is 9.67. The molecule has 0 amide bonds. The maximum Gasteiger partial charge on any atom is 0.337 e. The van der Waals surface area contributed by atoms with Gasteiger partial charge in [-0.1, -0.05) is 106 Å². The predicted octanol–water partition coefficient (Wildman–Crippen LogP) is 5.54. The first-order chi connectivity index (χ1) is 16.6. The lowest BCUT2D eigenvalue weighted by Crippen LogP contribution is -2.38. The van der Waals surface area contributed by atoms with Crippen molar-refractivity contribution >= 4 is 34.6 Å². The molecule has 0 fully saturated rings. The van der Waals surface area contributed by atoms with E-state index < -0.39 is 18.3 Å². The smallest absolute Gasteiger partial charge is 0.337 e. The number of nitrogens with one attached hydrogen (secondary N) is 1. The molecule has 0 radical (unpaired) electrons. The number of fused-ring (bicyclic) bond motifs is 1. The SMILES string of the molecule is C=C(C(=O)OCC)[C@@H]1Oc2ccc(C(C)(C)C)cc2[C@H]1NP(=S)(c1ccccc1)c1ccccc1. The molecule has 1 heterocycles. The number of hydrogen-bond donors (Lipinski definition) is 1. The third-order valence-corrected chi connectivity index (χ3v) is 10.5. The Balaban J connectivity index is 1.85. The summed E-state index contributed by atoms with van der Waals surface area (Å²) in [6, 6.07) is 26.1. The molecule has 0 saturated heterocycles. The maximum atomic E-state index is 12.7. The van der Waals surface area contributed by atoms with Crippen molar-refractivity contribution in [2.45, 2.75) is 45.3 Å². The van der Waals surface area contributed by atoms with Crippen LogP contribution in [0.5, 0.6) is 5.75 Å². The van der Waals surface area contributed by atoms with E-state index in [4.69, 9.17) is 21.3 Å². The van der Waals surface area contributed by atoms with Crippen LogP contribution in [0.3, 0.4) is 0 Å². The maximum absolute atomic E-state index is 12.7. The highest BCUT2D eigenvalue weighted by molar-refractivity contribution is 8.20. The summed E-state index contributed by atoms with van der Waals surface area (Å²) in [5.74, 6) is 0.273. The van der Waals surface area contributed by atoms with Gasteiger partial charge in [-0.25, -0.2) is 4.79 Å². The van der Waals surface area contributed by atoms with Gasteiger partial charge in [0.1, 0.15) is 11.9 Å². The monoisotopic (exact) mass is 505 g/mol. The molecule has 0 saturated carbocycles. The molecule has 0 aromatic heterocycles. The Labute approximate surface area is 213 Å². The van der Waals surface area contributed by atoms with E-state index in [0.29, 0.717) is 0 Å². The Morgan fingerprint density at radius 1 is 1.03 bits per heavy atom. The van der Waals surface area contributed by atoms with Crippen molar-refractivity contribution in [3.63, 3.8) is 0 Å². The van der Waals surface area contributed by atoms with E-state index in [1.165, 1.54) is 5.56 Å². The van der Waals surface area contributed by atoms with Gasteiger partial charge in [0, 0.05) is 16.2 Å². The summed E-state index contributed by atoms with van der Waals surface area (Å²) in [5.41, 5.74) is 2.39. The number of carbonyl (C=O) groups is 1. The summed E-state index contributed by atoms with van der Waals surface area (Å²) in [4.78, 5) is 12.7. The van der Waals surface area contributed by atoms with E-state index in [-0.39, 0.29) is 23.6 Å². The number of ether oxygens (including phenoxy) is 2. The van der Waals surface area contributed by atoms with Crippen LogP contribution in [0.25, 0.3) is 0 Å². The molecule has 182 valence electrons. The molecule has 35 heavy (non-hydrogen) atoms. The highest BCUT2D eigenvalue weighted by atomic mass is 32.4. The van der Waals surface area contributed by atoms with Crippen molar-refractivity contribution in [1.82, 2.24) is 5.09 Å². The second kappa shape index (κ2) is 10.1. The molecule has 1 aliphatic rings. The molecular weight excluding hydrogens is 473 g/mol. The first-order valence-electron chi connectivity index (χ1n) is 11.8. The van der Waals surface area contributed by atoms with E-state index in [1.807, 2.05) is 42.5 Å². The van der Waals surface area contributed by atoms with Gasteiger partial charge in [0.15, 0.2) is 0 Å². The van der Waals surface area contributed by atoms with Crippen LogP contribution in [0.15, 0.2) is 91.0 Å². The van der Waals surface area contributed by atoms with Gasteiger partial charge in [0.05, 0.1) is 24.4 Å². The fourth-order valence-electron chi connectivity index (χ4n) is 4.25. The van der Waals surface area contributed by atoms with Gasteiger partial charge in [-0.2, -0.15) is 0 Å². The number of esters is 1. The first-order valence-corrected chi connectivity index (χ1v) is 14.6. The Morgan fingerprint density at radius 2 is 1.60 bits per heavy atom. The number of rotatable bonds is 7. The standard InChI is InChI=1S/C29H32NO3PS/c1-6-32-28(31)20(2)27-26(24-19-21(29(3,4)5)17-18-25(24)33-27)30-34(35,22-13-9-7-10-14-22)23-15-11-8-12-16-23/h7-19,26-27H,2,6H2,1,3-5H3,(H,30,35)/t26-,27+/m1/s1. The molecule has 1 aliphatic heterocycles. The zero-order valence-electron chi connectivity index (χ0n) is 20.7. The van der Waals surface area contributed by atoms with Crippen LogP contribution in [0.1, 0.15) is 44.9 Å². The minimum absolute atomic E-state index is 0.0468. The topological polar surface area (TPSA) is 47.6 Å². The number of carbonyl (C=O) groups excluding carboxylic acids is 1. The summed E-state index contributed by atoms with van der Waals surface area (Å²) in [6.45, 7) is 12.7. The lowest BCUT2D eigenvalue weighted by Gasteiger charge is -2.31. The van der Waals surface area contributed by atoms with Gasteiger partial charge in [-0.3, -0.25) is 5.09 Å². The zero-order valence-corrected chi connectivity index (χ0v) is 22.4. The van der Waals surface area contributed by atoms with Crippen molar-refractivity contribution in [3.05, 3.63) is 102 Å². The first kappa shape index (κ1) is 25.4. The van der Waals surface area contributed by atoms with Crippen molar-refractivity contribution in [2.75, 3.05) is 6.61 Å². The van der Waals surface area contributed by atoms with Crippen molar-refractivity contribution in [1.29, 1.82) is 0 Å². The fraction of sp³-hybridized carbons (Fsp3) is 0.276. The van der Waals surface area contributed by atoms with Crippen LogP contribution < -0.4 is 20.4 Å². The van der Waals surface area contributed by atoms with Crippen LogP contribution in [0, 0.1) is 0 Å². The molecule has 4 rings (SSSR count). The van der Waals surface area contributed by atoms with Crippen LogP contribution in [-0.2, 0) is 26.8 Å². The Kier molecular flexibility index (Phi) is 7.32. The molecule has 0 spiro atoms. The molecule has 1 N–H and O–H groups in total. The Hall–Kier alpha value is -2.72. The number of hydrogen-bond acceptors (Lipinski definition) is 4. The molecule has 3 aromatic carbocycles. The zero-order chi connectivity index (χ0) is 25.2. The van der Waals surface area contributed by atoms with E-state index in [2.05, 4.69) is 68.8 Å². The third-order valence-electron chi connectivity index (χ3n) is 6.21. The molecule has 0 bridgehead atoms. The average Bonchev–Trinajstić information content (AvgIpc) is 3.21. The predicted molar refractivity (Wildman–Crippen MR) is 148 cm³/mol. The van der Waals surface area contributed by atoms with Crippen LogP contribution in [0.2, 0.25) is 0 Å². The van der Waals surface area contributed by atoms with Crippen molar-refractivity contribution in [2.24, 2.45) is 0 Å². The normalized spacial score (nSPS) is 17.4. The van der Waals surface area contributed by atoms with E-state index in [0.717, 1.165) is 21.9 Å². The van der Waals surface area contributed by atoms with Crippen LogP contribution in [-0.4, -0.2) is 18.7 Å². The quantitative estimate of drug-likeness (QED) is 0.260. The van der Waals surface area contributed by atoms with Gasteiger partial charge in [0.25, 0.3) is 0 Å². The Bertz CT molecular complexity index is 1220. The largest absolute Gasteiger partial charge is 0.483 e. The Morgan fingerprint density at radius 3 is 2.11 bits per heavy atom. The van der Waals surface area contributed by atoms with Gasteiger partial charge < -0.3 is 9.47 Å². The van der Waals surface area contributed by atoms with Crippen molar-refractivity contribution < 1.29 is 14.3 Å². The molecule has 3 aromatic rings. The van der Waals surface area contributed by atoms with E-state index in [1.54, 1.807) is 6.92 Å². The lowest BCUT2D eigenvalue weighted by molar-refractivity contribution is -0.139. The summed E-state index contributed by atoms with van der Waals surface area (Å²) in [7, 11) is 0. The number of benzene rings is 3. The summed E-state index contributed by atoms with van der Waals surface area (Å²) in [5, 5.41) is 5.91.